The molecule has 4 fully saturated rings. The Hall–Kier alpha value is -0.570. The average molecular weight is 209 g/mol. The van der Waals surface area contributed by atoms with Crippen molar-refractivity contribution in [3.8, 4) is 0 Å². The second-order valence-corrected chi connectivity index (χ2v) is 5.97. The summed E-state index contributed by atoms with van der Waals surface area (Å²) in [6, 6.07) is 0.280. The Labute approximate surface area is 90.0 Å². The maximum atomic E-state index is 11.5. The van der Waals surface area contributed by atoms with Gasteiger partial charge in [-0.15, -0.1) is 0 Å². The smallest absolute Gasteiger partial charge is 0.309 e. The lowest BCUT2D eigenvalue weighted by Gasteiger charge is -2.45. The van der Waals surface area contributed by atoms with Crippen LogP contribution in [0.1, 0.15) is 38.5 Å². The quantitative estimate of drug-likeness (QED) is 0.689. The minimum atomic E-state index is -0.563. The van der Waals surface area contributed by atoms with Crippen molar-refractivity contribution in [2.24, 2.45) is 28.9 Å². The summed E-state index contributed by atoms with van der Waals surface area (Å²) in [5.74, 6) is 1.18. The van der Waals surface area contributed by atoms with Gasteiger partial charge in [0, 0.05) is 6.04 Å². The number of nitrogens with two attached hydrogens (primary N) is 1. The van der Waals surface area contributed by atoms with E-state index in [-0.39, 0.29) is 6.04 Å². The van der Waals surface area contributed by atoms with Crippen molar-refractivity contribution in [2.45, 2.75) is 44.6 Å². The number of hydrogen-bond acceptors (Lipinski definition) is 2. The normalized spacial score (nSPS) is 52.9. The van der Waals surface area contributed by atoms with Crippen LogP contribution in [0.3, 0.4) is 0 Å². The molecule has 3 heteroatoms. The number of aliphatic carboxylic acids is 1. The summed E-state index contributed by atoms with van der Waals surface area (Å²) in [6.07, 6.45) is 6.05. The Balaban J connectivity index is 1.98. The first kappa shape index (κ1) is 9.64. The third-order valence-corrected chi connectivity index (χ3v) is 5.14. The van der Waals surface area contributed by atoms with Gasteiger partial charge in [0.15, 0.2) is 0 Å². The van der Waals surface area contributed by atoms with Crippen molar-refractivity contribution in [1.82, 2.24) is 0 Å². The molecule has 4 saturated carbocycles. The Bertz CT molecular complexity index is 304. The molecule has 0 heterocycles. The topological polar surface area (TPSA) is 63.3 Å². The molecule has 0 radical (unpaired) electrons. The predicted octanol–water partition coefficient (Wildman–Crippen LogP) is 1.61. The van der Waals surface area contributed by atoms with Crippen LogP contribution in [0.15, 0.2) is 0 Å². The highest BCUT2D eigenvalue weighted by atomic mass is 16.4. The van der Waals surface area contributed by atoms with Crippen molar-refractivity contribution < 1.29 is 9.90 Å². The van der Waals surface area contributed by atoms with Gasteiger partial charge >= 0.3 is 5.97 Å². The van der Waals surface area contributed by atoms with Gasteiger partial charge in [-0.25, -0.2) is 0 Å². The Morgan fingerprint density at radius 2 is 2.00 bits per heavy atom. The summed E-state index contributed by atoms with van der Waals surface area (Å²) in [7, 11) is 0. The molecule has 4 bridgehead atoms. The summed E-state index contributed by atoms with van der Waals surface area (Å²) < 4.78 is 0. The van der Waals surface area contributed by atoms with Crippen molar-refractivity contribution >= 4 is 5.97 Å². The molecular formula is C12H19NO2. The fourth-order valence-electron chi connectivity index (χ4n) is 4.43. The molecule has 15 heavy (non-hydrogen) atoms. The zero-order valence-corrected chi connectivity index (χ0v) is 8.98. The molecule has 0 spiro atoms. The van der Waals surface area contributed by atoms with Crippen molar-refractivity contribution in [1.29, 1.82) is 0 Å². The van der Waals surface area contributed by atoms with E-state index in [2.05, 4.69) is 0 Å². The van der Waals surface area contributed by atoms with E-state index >= 15 is 0 Å². The lowest BCUT2D eigenvalue weighted by Crippen LogP contribution is -2.48. The SMILES string of the molecule is NC1C2CCC3(C(=O)O)CC(C2)CC1C3. The Kier molecular flexibility index (Phi) is 1.91. The third-order valence-electron chi connectivity index (χ3n) is 5.14. The second-order valence-electron chi connectivity index (χ2n) is 5.97. The molecule has 0 amide bonds. The van der Waals surface area contributed by atoms with E-state index in [0.717, 1.165) is 25.7 Å². The Morgan fingerprint density at radius 1 is 1.27 bits per heavy atom. The number of fused-ring (bicyclic) bond motifs is 1. The maximum Gasteiger partial charge on any atom is 0.309 e. The number of carboxylic acid groups (broad SMARTS) is 1. The summed E-state index contributed by atoms with van der Waals surface area (Å²) in [5, 5.41) is 9.45. The van der Waals surface area contributed by atoms with Gasteiger partial charge in [-0.1, -0.05) is 0 Å². The van der Waals surface area contributed by atoms with E-state index in [1.165, 1.54) is 12.8 Å². The van der Waals surface area contributed by atoms with Crippen LogP contribution in [0.5, 0.6) is 0 Å². The number of hydrogen-bond donors (Lipinski definition) is 2. The second kappa shape index (κ2) is 2.97. The fraction of sp³-hybridized carbons (Fsp3) is 0.917. The summed E-state index contributed by atoms with van der Waals surface area (Å²) >= 11 is 0. The van der Waals surface area contributed by atoms with Crippen LogP contribution in [0.4, 0.5) is 0 Å². The minimum absolute atomic E-state index is 0.280. The molecule has 0 aromatic heterocycles. The highest BCUT2D eigenvalue weighted by molar-refractivity contribution is 5.75. The highest BCUT2D eigenvalue weighted by Crippen LogP contribution is 2.56. The largest absolute Gasteiger partial charge is 0.481 e. The van der Waals surface area contributed by atoms with Gasteiger partial charge in [0.05, 0.1) is 5.41 Å². The van der Waals surface area contributed by atoms with Gasteiger partial charge in [0.2, 0.25) is 0 Å². The van der Waals surface area contributed by atoms with Crippen molar-refractivity contribution in [2.75, 3.05) is 0 Å². The highest BCUT2D eigenvalue weighted by Gasteiger charge is 2.54. The molecule has 0 aliphatic heterocycles. The molecule has 4 aliphatic carbocycles. The van der Waals surface area contributed by atoms with Crippen LogP contribution >= 0.6 is 0 Å². The van der Waals surface area contributed by atoms with Gasteiger partial charge in [-0.3, -0.25) is 4.79 Å². The summed E-state index contributed by atoms with van der Waals surface area (Å²) in [4.78, 5) is 11.5. The van der Waals surface area contributed by atoms with Gasteiger partial charge in [-0.05, 0) is 56.3 Å². The molecule has 3 N–H and O–H groups in total. The first-order chi connectivity index (χ1) is 7.11. The minimum Gasteiger partial charge on any atom is -0.481 e. The fourth-order valence-corrected chi connectivity index (χ4v) is 4.43. The molecule has 5 atom stereocenters. The summed E-state index contributed by atoms with van der Waals surface area (Å²) in [5.41, 5.74) is 5.83. The first-order valence-electron chi connectivity index (χ1n) is 6.10. The van der Waals surface area contributed by atoms with Crippen LogP contribution < -0.4 is 5.73 Å². The van der Waals surface area contributed by atoms with E-state index in [1.54, 1.807) is 0 Å². The monoisotopic (exact) mass is 209 g/mol. The average Bonchev–Trinajstić information content (AvgIpc) is 2.38. The molecule has 4 rings (SSSR count). The van der Waals surface area contributed by atoms with E-state index in [0.29, 0.717) is 17.8 Å². The van der Waals surface area contributed by atoms with E-state index < -0.39 is 11.4 Å². The number of rotatable bonds is 1. The molecule has 5 unspecified atom stereocenters. The number of carbonyl (C=O) groups is 1. The van der Waals surface area contributed by atoms with Crippen molar-refractivity contribution in [3.63, 3.8) is 0 Å². The van der Waals surface area contributed by atoms with Crippen LogP contribution in [-0.4, -0.2) is 17.1 Å². The summed E-state index contributed by atoms with van der Waals surface area (Å²) in [6.45, 7) is 0. The zero-order chi connectivity index (χ0) is 10.6. The van der Waals surface area contributed by atoms with Crippen LogP contribution in [-0.2, 0) is 4.79 Å². The van der Waals surface area contributed by atoms with Gasteiger partial charge < -0.3 is 10.8 Å². The van der Waals surface area contributed by atoms with Crippen LogP contribution in [0.2, 0.25) is 0 Å². The first-order valence-corrected chi connectivity index (χ1v) is 6.10. The number of carboxylic acids is 1. The molecular weight excluding hydrogens is 190 g/mol. The standard InChI is InChI=1S/C12H19NO2/c13-10-8-1-2-12(11(14)15)5-7(3-8)4-9(10)6-12/h7-10H,1-6,13H2,(H,14,15). The van der Waals surface area contributed by atoms with Crippen LogP contribution in [0, 0.1) is 23.2 Å². The molecule has 84 valence electrons. The van der Waals surface area contributed by atoms with E-state index in [4.69, 9.17) is 5.73 Å². The zero-order valence-electron chi connectivity index (χ0n) is 8.98. The van der Waals surface area contributed by atoms with E-state index in [9.17, 15) is 9.90 Å². The molecule has 3 nitrogen and oxygen atoms in total. The van der Waals surface area contributed by atoms with Gasteiger partial charge in [-0.2, -0.15) is 0 Å². The van der Waals surface area contributed by atoms with Crippen LogP contribution in [0.25, 0.3) is 0 Å². The predicted molar refractivity (Wildman–Crippen MR) is 56.2 cm³/mol. The molecule has 4 aliphatic rings. The molecule has 0 aromatic rings. The third kappa shape index (κ3) is 1.25. The lowest BCUT2D eigenvalue weighted by atomic mass is 9.60. The van der Waals surface area contributed by atoms with Gasteiger partial charge in [0.25, 0.3) is 0 Å². The van der Waals surface area contributed by atoms with E-state index in [1.807, 2.05) is 0 Å². The Morgan fingerprint density at radius 3 is 2.73 bits per heavy atom. The maximum absolute atomic E-state index is 11.5. The van der Waals surface area contributed by atoms with Gasteiger partial charge in [0.1, 0.15) is 0 Å². The lowest BCUT2D eigenvalue weighted by molar-refractivity contribution is -0.154. The molecule has 0 saturated heterocycles. The van der Waals surface area contributed by atoms with Crippen molar-refractivity contribution in [3.05, 3.63) is 0 Å². The molecule has 0 aromatic carbocycles.